The van der Waals surface area contributed by atoms with Gasteiger partial charge in [0.15, 0.2) is 0 Å². The molecule has 1 atom stereocenters. The summed E-state index contributed by atoms with van der Waals surface area (Å²) in [5.41, 5.74) is 4.45. The van der Waals surface area contributed by atoms with E-state index >= 15 is 0 Å². The summed E-state index contributed by atoms with van der Waals surface area (Å²) in [7, 11) is 0. The smallest absolute Gasteiger partial charge is 0.207 e. The van der Waals surface area contributed by atoms with Gasteiger partial charge in [0.1, 0.15) is 5.71 Å². The second kappa shape index (κ2) is 7.32. The van der Waals surface area contributed by atoms with Crippen molar-refractivity contribution in [3.05, 3.63) is 108 Å². The number of hydrogen-bond donors (Lipinski definition) is 0. The molecule has 1 unspecified atom stereocenters. The topological polar surface area (TPSA) is 24.8 Å². The zero-order valence-corrected chi connectivity index (χ0v) is 14.0. The molecule has 0 saturated heterocycles. The van der Waals surface area contributed by atoms with Gasteiger partial charge in [0.05, 0.1) is 0 Å². The molecular formula is C22H20N2O. The highest BCUT2D eigenvalue weighted by Gasteiger charge is 2.28. The van der Waals surface area contributed by atoms with E-state index in [0.29, 0.717) is 0 Å². The summed E-state index contributed by atoms with van der Waals surface area (Å²) in [6, 6.07) is 31.0. The van der Waals surface area contributed by atoms with Gasteiger partial charge >= 0.3 is 0 Å². The van der Waals surface area contributed by atoms with Crippen molar-refractivity contribution >= 4 is 5.71 Å². The first-order valence-electron chi connectivity index (χ1n) is 8.51. The van der Waals surface area contributed by atoms with Crippen LogP contribution in [0.5, 0.6) is 0 Å². The van der Waals surface area contributed by atoms with Gasteiger partial charge in [0.2, 0.25) is 6.23 Å². The average molecular weight is 328 g/mol. The average Bonchev–Trinajstić information content (AvgIpc) is 2.70. The van der Waals surface area contributed by atoms with E-state index in [2.05, 4.69) is 58.6 Å². The third-order valence-electron chi connectivity index (χ3n) is 4.37. The molecule has 0 aromatic heterocycles. The first-order valence-corrected chi connectivity index (χ1v) is 8.51. The second-order valence-corrected chi connectivity index (χ2v) is 6.16. The Kier molecular flexibility index (Phi) is 4.57. The number of oxime groups is 1. The predicted molar refractivity (Wildman–Crippen MR) is 100 cm³/mol. The minimum atomic E-state index is -0.172. The lowest BCUT2D eigenvalue weighted by atomic mass is 10.1. The fourth-order valence-corrected chi connectivity index (χ4v) is 3.10. The van der Waals surface area contributed by atoms with E-state index in [0.717, 1.165) is 29.9 Å². The normalized spacial score (nSPS) is 17.6. The van der Waals surface area contributed by atoms with Crippen LogP contribution in [0.4, 0.5) is 0 Å². The van der Waals surface area contributed by atoms with E-state index in [-0.39, 0.29) is 6.23 Å². The first kappa shape index (κ1) is 15.6. The van der Waals surface area contributed by atoms with Gasteiger partial charge in [-0.3, -0.25) is 4.90 Å². The van der Waals surface area contributed by atoms with Gasteiger partial charge in [0, 0.05) is 24.2 Å². The standard InChI is InChI=1S/C22H20N2O/c1-4-10-18(11-5-1)16-24-17-21(19-12-6-2-7-13-19)23-25-22(24)20-14-8-3-9-15-20/h1-15,22H,16-17H2. The summed E-state index contributed by atoms with van der Waals surface area (Å²) in [4.78, 5) is 8.25. The third kappa shape index (κ3) is 3.62. The highest BCUT2D eigenvalue weighted by atomic mass is 16.7. The lowest BCUT2D eigenvalue weighted by Crippen LogP contribution is -2.38. The highest BCUT2D eigenvalue weighted by molar-refractivity contribution is 6.01. The van der Waals surface area contributed by atoms with E-state index in [9.17, 15) is 0 Å². The molecular weight excluding hydrogens is 308 g/mol. The number of rotatable bonds is 4. The van der Waals surface area contributed by atoms with Gasteiger partial charge in [-0.25, -0.2) is 0 Å². The molecule has 0 N–H and O–H groups in total. The van der Waals surface area contributed by atoms with Crippen LogP contribution in [0.3, 0.4) is 0 Å². The molecule has 0 fully saturated rings. The van der Waals surface area contributed by atoms with Crippen molar-refractivity contribution in [1.82, 2.24) is 4.90 Å². The zero-order valence-electron chi connectivity index (χ0n) is 14.0. The third-order valence-corrected chi connectivity index (χ3v) is 4.37. The van der Waals surface area contributed by atoms with E-state index in [1.54, 1.807) is 0 Å². The Labute approximate surface area is 148 Å². The van der Waals surface area contributed by atoms with Crippen molar-refractivity contribution in [2.24, 2.45) is 5.16 Å². The lowest BCUT2D eigenvalue weighted by Gasteiger charge is -2.34. The molecule has 0 spiro atoms. The number of benzene rings is 3. The fraction of sp³-hybridized carbons (Fsp3) is 0.136. The van der Waals surface area contributed by atoms with Gasteiger partial charge in [-0.05, 0) is 5.56 Å². The van der Waals surface area contributed by atoms with Crippen LogP contribution in [0.2, 0.25) is 0 Å². The Bertz CT molecular complexity index is 832. The quantitative estimate of drug-likeness (QED) is 0.698. The minimum Gasteiger partial charge on any atom is -0.371 e. The molecule has 3 heteroatoms. The summed E-state index contributed by atoms with van der Waals surface area (Å²) < 4.78 is 0. The van der Waals surface area contributed by atoms with Crippen molar-refractivity contribution in [2.75, 3.05) is 6.54 Å². The van der Waals surface area contributed by atoms with Gasteiger partial charge in [0.25, 0.3) is 0 Å². The lowest BCUT2D eigenvalue weighted by molar-refractivity contribution is -0.0716. The van der Waals surface area contributed by atoms with E-state index < -0.39 is 0 Å². The Hall–Kier alpha value is -2.91. The molecule has 25 heavy (non-hydrogen) atoms. The maximum atomic E-state index is 5.93. The van der Waals surface area contributed by atoms with E-state index in [4.69, 9.17) is 4.84 Å². The number of hydrogen-bond acceptors (Lipinski definition) is 3. The summed E-state index contributed by atoms with van der Waals surface area (Å²) in [5, 5.41) is 4.42. The van der Waals surface area contributed by atoms with Crippen LogP contribution in [-0.2, 0) is 11.4 Å². The second-order valence-electron chi connectivity index (χ2n) is 6.16. The Morgan fingerprint density at radius 1 is 0.800 bits per heavy atom. The van der Waals surface area contributed by atoms with Crippen LogP contribution in [0.1, 0.15) is 22.9 Å². The van der Waals surface area contributed by atoms with Crippen LogP contribution < -0.4 is 0 Å². The molecule has 124 valence electrons. The summed E-state index contributed by atoms with van der Waals surface area (Å²) in [5.74, 6) is 0. The van der Waals surface area contributed by atoms with Crippen molar-refractivity contribution in [3.8, 4) is 0 Å². The maximum Gasteiger partial charge on any atom is 0.207 e. The van der Waals surface area contributed by atoms with Gasteiger partial charge < -0.3 is 4.84 Å². The summed E-state index contributed by atoms with van der Waals surface area (Å²) in [6.45, 7) is 1.56. The largest absolute Gasteiger partial charge is 0.371 e. The van der Waals surface area contributed by atoms with Crippen molar-refractivity contribution in [2.45, 2.75) is 12.8 Å². The highest BCUT2D eigenvalue weighted by Crippen LogP contribution is 2.28. The van der Waals surface area contributed by atoms with Crippen molar-refractivity contribution in [3.63, 3.8) is 0 Å². The van der Waals surface area contributed by atoms with Crippen LogP contribution in [0.25, 0.3) is 0 Å². The molecule has 0 radical (unpaired) electrons. The molecule has 1 aliphatic rings. The van der Waals surface area contributed by atoms with Gasteiger partial charge in [-0.2, -0.15) is 0 Å². The van der Waals surface area contributed by atoms with Crippen LogP contribution in [0, 0.1) is 0 Å². The van der Waals surface area contributed by atoms with Crippen LogP contribution >= 0.6 is 0 Å². The van der Waals surface area contributed by atoms with Crippen molar-refractivity contribution < 1.29 is 4.84 Å². The molecule has 0 saturated carbocycles. The molecule has 4 rings (SSSR count). The van der Waals surface area contributed by atoms with Crippen molar-refractivity contribution in [1.29, 1.82) is 0 Å². The minimum absolute atomic E-state index is 0.172. The molecule has 0 bridgehead atoms. The Morgan fingerprint density at radius 3 is 2.08 bits per heavy atom. The van der Waals surface area contributed by atoms with E-state index in [1.807, 2.05) is 42.5 Å². The summed E-state index contributed by atoms with van der Waals surface area (Å²) in [6.07, 6.45) is -0.172. The molecule has 0 amide bonds. The monoisotopic (exact) mass is 328 g/mol. The van der Waals surface area contributed by atoms with Crippen LogP contribution in [-0.4, -0.2) is 17.2 Å². The maximum absolute atomic E-state index is 5.93. The fourth-order valence-electron chi connectivity index (χ4n) is 3.10. The van der Waals surface area contributed by atoms with E-state index in [1.165, 1.54) is 5.56 Å². The molecule has 1 aliphatic heterocycles. The zero-order chi connectivity index (χ0) is 16.9. The van der Waals surface area contributed by atoms with Gasteiger partial charge in [-0.15, -0.1) is 0 Å². The van der Waals surface area contributed by atoms with Gasteiger partial charge in [-0.1, -0.05) is 96.2 Å². The Balaban J connectivity index is 1.64. The molecule has 0 aliphatic carbocycles. The first-order chi connectivity index (χ1) is 12.4. The SMILES string of the molecule is c1ccc(CN2CC(c3ccccc3)=NOC2c2ccccc2)cc1. The number of nitrogens with zero attached hydrogens (tertiary/aromatic N) is 2. The predicted octanol–water partition coefficient (Wildman–Crippen LogP) is 4.62. The molecule has 3 nitrogen and oxygen atoms in total. The summed E-state index contributed by atoms with van der Waals surface area (Å²) >= 11 is 0. The van der Waals surface area contributed by atoms with Crippen LogP contribution in [0.15, 0.2) is 96.2 Å². The molecule has 1 heterocycles. The molecule has 3 aromatic carbocycles. The Morgan fingerprint density at radius 2 is 1.40 bits per heavy atom. The molecule has 3 aromatic rings.